The van der Waals surface area contributed by atoms with E-state index in [-0.39, 0.29) is 17.4 Å². The zero-order valence-electron chi connectivity index (χ0n) is 16.9. The first-order chi connectivity index (χ1) is 14.2. The monoisotopic (exact) mass is 410 g/mol. The molecule has 1 atom stereocenters. The summed E-state index contributed by atoms with van der Waals surface area (Å²) in [5, 5.41) is 5.38. The van der Waals surface area contributed by atoms with Crippen LogP contribution in [0.1, 0.15) is 61.3 Å². The van der Waals surface area contributed by atoms with E-state index in [0.717, 1.165) is 57.5 Å². The van der Waals surface area contributed by atoms with E-state index in [2.05, 4.69) is 52.0 Å². The topological polar surface area (TPSA) is 41.6 Å². The molecule has 1 saturated heterocycles. The molecule has 1 aromatic heterocycles. The lowest BCUT2D eigenvalue weighted by Crippen LogP contribution is -2.50. The number of likely N-dealkylation sites (tertiary alicyclic amines) is 1. The molecule has 5 rings (SSSR count). The van der Waals surface area contributed by atoms with Gasteiger partial charge in [0, 0.05) is 42.9 Å². The van der Waals surface area contributed by atoms with E-state index in [4.69, 9.17) is 4.74 Å². The van der Waals surface area contributed by atoms with Crippen molar-refractivity contribution in [3.63, 3.8) is 0 Å². The molecule has 3 aliphatic rings. The number of amides is 1. The Morgan fingerprint density at radius 1 is 1.17 bits per heavy atom. The zero-order chi connectivity index (χ0) is 19.7. The third kappa shape index (κ3) is 4.22. The molecular formula is C24H30N2O2S. The second-order valence-corrected chi connectivity index (χ2v) is 10.0. The van der Waals surface area contributed by atoms with Crippen LogP contribution in [0.25, 0.3) is 0 Å². The Kier molecular flexibility index (Phi) is 5.35. The number of thiophene rings is 1. The fraction of sp³-hybridized carbons (Fsp3) is 0.542. The van der Waals surface area contributed by atoms with Crippen LogP contribution in [-0.2, 0) is 11.3 Å². The lowest BCUT2D eigenvalue weighted by molar-refractivity contribution is -0.123. The standard InChI is InChI=1S/C24H30N2O2S/c27-23(25-19-5-3-6-19)15-18-16-24(28-22-9-2-1-8-21(18)22)10-12-26(13-11-24)17-20-7-4-14-29-20/h1-2,4,7-9,14,18-19H,3,5-6,10-13,15-17H2,(H,25,27)/t18-/m1/s1. The largest absolute Gasteiger partial charge is 0.487 e. The van der Waals surface area contributed by atoms with Gasteiger partial charge in [0.2, 0.25) is 5.91 Å². The Hall–Kier alpha value is -1.85. The Labute approximate surface area is 177 Å². The molecule has 0 radical (unpaired) electrons. The summed E-state index contributed by atoms with van der Waals surface area (Å²) in [7, 11) is 0. The third-order valence-electron chi connectivity index (χ3n) is 6.93. The van der Waals surface area contributed by atoms with Crippen molar-refractivity contribution >= 4 is 17.2 Å². The predicted octanol–water partition coefficient (Wildman–Crippen LogP) is 4.71. The summed E-state index contributed by atoms with van der Waals surface area (Å²) in [6.07, 6.45) is 7.13. The first-order valence-corrected chi connectivity index (χ1v) is 11.9. The molecule has 29 heavy (non-hydrogen) atoms. The number of hydrogen-bond acceptors (Lipinski definition) is 4. The van der Waals surface area contributed by atoms with E-state index in [1.807, 2.05) is 11.3 Å². The quantitative estimate of drug-likeness (QED) is 0.776. The molecule has 1 saturated carbocycles. The van der Waals surface area contributed by atoms with E-state index < -0.39 is 0 Å². The Morgan fingerprint density at radius 3 is 2.72 bits per heavy atom. The molecule has 1 amide bonds. The molecule has 0 bridgehead atoms. The Balaban J connectivity index is 1.27. The van der Waals surface area contributed by atoms with Gasteiger partial charge >= 0.3 is 0 Å². The van der Waals surface area contributed by atoms with Gasteiger partial charge in [0.05, 0.1) is 0 Å². The molecule has 2 aliphatic heterocycles. The van der Waals surface area contributed by atoms with Crippen molar-refractivity contribution in [2.24, 2.45) is 0 Å². The molecule has 1 aromatic carbocycles. The summed E-state index contributed by atoms with van der Waals surface area (Å²) < 4.78 is 6.61. The van der Waals surface area contributed by atoms with Crippen molar-refractivity contribution in [1.82, 2.24) is 10.2 Å². The van der Waals surface area contributed by atoms with E-state index in [1.54, 1.807) is 0 Å². The average Bonchev–Trinajstić information content (AvgIpc) is 3.20. The highest BCUT2D eigenvalue weighted by Crippen LogP contribution is 2.46. The summed E-state index contributed by atoms with van der Waals surface area (Å²) in [4.78, 5) is 16.6. The van der Waals surface area contributed by atoms with Crippen LogP contribution < -0.4 is 10.1 Å². The van der Waals surface area contributed by atoms with E-state index in [0.29, 0.717) is 12.5 Å². The fourth-order valence-corrected chi connectivity index (χ4v) is 5.78. The van der Waals surface area contributed by atoms with Gasteiger partial charge in [0.1, 0.15) is 11.4 Å². The van der Waals surface area contributed by atoms with Crippen molar-refractivity contribution in [1.29, 1.82) is 0 Å². The smallest absolute Gasteiger partial charge is 0.220 e. The number of carbonyl (C=O) groups is 1. The van der Waals surface area contributed by atoms with Crippen LogP contribution in [0.4, 0.5) is 0 Å². The Morgan fingerprint density at radius 2 is 2.00 bits per heavy atom. The second-order valence-electron chi connectivity index (χ2n) is 8.98. The molecule has 3 heterocycles. The Bertz CT molecular complexity index is 838. The second kappa shape index (κ2) is 8.11. The van der Waals surface area contributed by atoms with Gasteiger partial charge in [-0.1, -0.05) is 24.3 Å². The van der Waals surface area contributed by atoms with Gasteiger partial charge in [-0.3, -0.25) is 9.69 Å². The van der Waals surface area contributed by atoms with Gasteiger partial charge in [0.15, 0.2) is 0 Å². The number of hydrogen-bond donors (Lipinski definition) is 1. The number of piperidine rings is 1. The lowest BCUT2D eigenvalue weighted by Gasteiger charge is -2.47. The average molecular weight is 411 g/mol. The number of ether oxygens (including phenoxy) is 1. The lowest BCUT2D eigenvalue weighted by atomic mass is 9.76. The van der Waals surface area contributed by atoms with Crippen LogP contribution in [-0.4, -0.2) is 35.5 Å². The van der Waals surface area contributed by atoms with Crippen molar-refractivity contribution in [3.8, 4) is 5.75 Å². The summed E-state index contributed by atoms with van der Waals surface area (Å²) in [5.74, 6) is 1.46. The summed E-state index contributed by atoms with van der Waals surface area (Å²) >= 11 is 1.84. The molecular weight excluding hydrogens is 380 g/mol. The van der Waals surface area contributed by atoms with Gasteiger partial charge < -0.3 is 10.1 Å². The van der Waals surface area contributed by atoms with Crippen LogP contribution >= 0.6 is 11.3 Å². The maximum atomic E-state index is 12.7. The molecule has 0 unspecified atom stereocenters. The number of nitrogens with zero attached hydrogens (tertiary/aromatic N) is 1. The van der Waals surface area contributed by atoms with Gasteiger partial charge in [-0.15, -0.1) is 11.3 Å². The molecule has 154 valence electrons. The number of carbonyl (C=O) groups excluding carboxylic acids is 1. The SMILES string of the molecule is O=C(C[C@@H]1CC2(CCN(Cc3cccs3)CC2)Oc2ccccc21)NC1CCC1. The van der Waals surface area contributed by atoms with Gasteiger partial charge in [-0.25, -0.2) is 0 Å². The number of para-hydroxylation sites is 1. The van der Waals surface area contributed by atoms with Crippen molar-refractivity contribution in [3.05, 3.63) is 52.2 Å². The summed E-state index contributed by atoms with van der Waals surface area (Å²) in [5.41, 5.74) is 1.09. The zero-order valence-corrected chi connectivity index (χ0v) is 17.8. The first-order valence-electron chi connectivity index (χ1n) is 11.0. The molecule has 1 aliphatic carbocycles. The number of nitrogens with one attached hydrogen (secondary N) is 1. The van der Waals surface area contributed by atoms with Crippen molar-refractivity contribution in [2.45, 2.75) is 69.1 Å². The van der Waals surface area contributed by atoms with Crippen molar-refractivity contribution in [2.75, 3.05) is 13.1 Å². The summed E-state index contributed by atoms with van der Waals surface area (Å²) in [6, 6.07) is 13.1. The highest BCUT2D eigenvalue weighted by molar-refractivity contribution is 7.09. The molecule has 4 nitrogen and oxygen atoms in total. The van der Waals surface area contributed by atoms with E-state index in [9.17, 15) is 4.79 Å². The fourth-order valence-electron chi connectivity index (χ4n) is 5.04. The third-order valence-corrected chi connectivity index (χ3v) is 7.79. The van der Waals surface area contributed by atoms with Gasteiger partial charge in [-0.2, -0.15) is 0 Å². The van der Waals surface area contributed by atoms with Crippen LogP contribution in [0, 0.1) is 0 Å². The number of benzene rings is 1. The molecule has 5 heteroatoms. The summed E-state index contributed by atoms with van der Waals surface area (Å²) in [6.45, 7) is 3.15. The molecule has 1 spiro atoms. The molecule has 2 aromatic rings. The minimum atomic E-state index is -0.123. The van der Waals surface area contributed by atoms with Crippen LogP contribution in [0.3, 0.4) is 0 Å². The normalized spacial score (nSPS) is 23.8. The number of rotatable bonds is 5. The van der Waals surface area contributed by atoms with E-state index in [1.165, 1.54) is 16.9 Å². The van der Waals surface area contributed by atoms with Gasteiger partial charge in [0.25, 0.3) is 0 Å². The highest BCUT2D eigenvalue weighted by atomic mass is 32.1. The first kappa shape index (κ1) is 19.1. The minimum Gasteiger partial charge on any atom is -0.487 e. The van der Waals surface area contributed by atoms with Crippen molar-refractivity contribution < 1.29 is 9.53 Å². The number of fused-ring (bicyclic) bond motifs is 1. The maximum Gasteiger partial charge on any atom is 0.220 e. The highest BCUT2D eigenvalue weighted by Gasteiger charge is 2.43. The maximum absolute atomic E-state index is 12.7. The minimum absolute atomic E-state index is 0.123. The molecule has 1 N–H and O–H groups in total. The molecule has 2 fully saturated rings. The van der Waals surface area contributed by atoms with Crippen LogP contribution in [0.15, 0.2) is 41.8 Å². The van der Waals surface area contributed by atoms with Crippen LogP contribution in [0.5, 0.6) is 5.75 Å². The van der Waals surface area contributed by atoms with Crippen LogP contribution in [0.2, 0.25) is 0 Å². The van der Waals surface area contributed by atoms with E-state index >= 15 is 0 Å². The predicted molar refractivity (Wildman–Crippen MR) is 116 cm³/mol. The van der Waals surface area contributed by atoms with Gasteiger partial charge in [-0.05, 0) is 61.6 Å².